The third-order valence-electron chi connectivity index (χ3n) is 2.95. The molecule has 1 saturated heterocycles. The number of benzene rings is 1. The molecule has 1 aliphatic heterocycles. The SMILES string of the molecule is Nc1cc(O)cc(Cl)c1NC(=O)C1CCOCC1. The summed E-state index contributed by atoms with van der Waals surface area (Å²) in [4.78, 5) is 12.0. The van der Waals surface area contributed by atoms with E-state index in [1.54, 1.807) is 0 Å². The molecule has 2 rings (SSSR count). The lowest BCUT2D eigenvalue weighted by atomic mass is 9.99. The first-order valence-corrected chi connectivity index (χ1v) is 6.12. The van der Waals surface area contributed by atoms with E-state index in [4.69, 9.17) is 22.1 Å². The Morgan fingerprint density at radius 2 is 2.11 bits per heavy atom. The molecule has 5 nitrogen and oxygen atoms in total. The largest absolute Gasteiger partial charge is 0.508 e. The second-order valence-electron chi connectivity index (χ2n) is 4.27. The summed E-state index contributed by atoms with van der Waals surface area (Å²) < 4.78 is 5.20. The molecule has 4 N–H and O–H groups in total. The van der Waals surface area contributed by atoms with E-state index in [1.165, 1.54) is 12.1 Å². The summed E-state index contributed by atoms with van der Waals surface area (Å²) in [5.41, 5.74) is 6.32. The van der Waals surface area contributed by atoms with Gasteiger partial charge in [-0.2, -0.15) is 0 Å². The monoisotopic (exact) mass is 270 g/mol. The van der Waals surface area contributed by atoms with Crippen LogP contribution in [-0.2, 0) is 9.53 Å². The standard InChI is InChI=1S/C12H15ClN2O3/c13-9-5-8(16)6-10(14)11(9)15-12(17)7-1-3-18-4-2-7/h5-7,16H,1-4,14H2,(H,15,17). The minimum Gasteiger partial charge on any atom is -0.508 e. The molecule has 0 bridgehead atoms. The number of phenolic OH excluding ortho intramolecular Hbond substituents is 1. The van der Waals surface area contributed by atoms with Crippen LogP contribution >= 0.6 is 11.6 Å². The number of nitrogens with one attached hydrogen (secondary N) is 1. The van der Waals surface area contributed by atoms with Crippen LogP contribution in [-0.4, -0.2) is 24.2 Å². The van der Waals surface area contributed by atoms with Gasteiger partial charge in [0.25, 0.3) is 0 Å². The summed E-state index contributed by atoms with van der Waals surface area (Å²) in [6.45, 7) is 1.19. The summed E-state index contributed by atoms with van der Waals surface area (Å²) >= 11 is 5.94. The number of carbonyl (C=O) groups is 1. The summed E-state index contributed by atoms with van der Waals surface area (Å²) in [5.74, 6) is -0.220. The molecule has 1 aromatic rings. The van der Waals surface area contributed by atoms with E-state index in [-0.39, 0.29) is 28.3 Å². The number of rotatable bonds is 2. The molecule has 1 amide bonds. The van der Waals surface area contributed by atoms with E-state index in [1.807, 2.05) is 0 Å². The maximum Gasteiger partial charge on any atom is 0.227 e. The van der Waals surface area contributed by atoms with Crippen LogP contribution in [0.15, 0.2) is 12.1 Å². The second-order valence-corrected chi connectivity index (χ2v) is 4.67. The van der Waals surface area contributed by atoms with Gasteiger partial charge in [0.1, 0.15) is 5.75 Å². The average Bonchev–Trinajstić information content (AvgIpc) is 2.34. The Kier molecular flexibility index (Phi) is 3.93. The highest BCUT2D eigenvalue weighted by Gasteiger charge is 2.22. The smallest absolute Gasteiger partial charge is 0.227 e. The Morgan fingerprint density at radius 1 is 1.44 bits per heavy atom. The molecule has 0 unspecified atom stereocenters. The minimum absolute atomic E-state index is 0.0263. The third-order valence-corrected chi connectivity index (χ3v) is 3.24. The molecule has 0 aliphatic carbocycles. The van der Waals surface area contributed by atoms with Crippen molar-refractivity contribution in [3.63, 3.8) is 0 Å². The van der Waals surface area contributed by atoms with Gasteiger partial charge in [0, 0.05) is 31.3 Å². The Labute approximate surface area is 110 Å². The Hall–Kier alpha value is -1.46. The summed E-state index contributed by atoms with van der Waals surface area (Å²) in [5, 5.41) is 12.2. The van der Waals surface area contributed by atoms with E-state index in [0.717, 1.165) is 0 Å². The first-order valence-electron chi connectivity index (χ1n) is 5.74. The van der Waals surface area contributed by atoms with E-state index in [9.17, 15) is 9.90 Å². The second kappa shape index (κ2) is 5.46. The van der Waals surface area contributed by atoms with Crippen molar-refractivity contribution in [2.24, 2.45) is 5.92 Å². The van der Waals surface area contributed by atoms with Gasteiger partial charge in [-0.25, -0.2) is 0 Å². The first kappa shape index (κ1) is 13.0. The number of nitrogen functional groups attached to an aromatic ring is 1. The van der Waals surface area contributed by atoms with Crippen molar-refractivity contribution in [3.8, 4) is 5.75 Å². The zero-order valence-corrected chi connectivity index (χ0v) is 10.5. The molecule has 6 heteroatoms. The number of anilines is 2. The zero-order valence-electron chi connectivity index (χ0n) is 9.78. The number of hydrogen-bond acceptors (Lipinski definition) is 4. The Balaban J connectivity index is 2.11. The lowest BCUT2D eigenvalue weighted by Gasteiger charge is -2.22. The Morgan fingerprint density at radius 3 is 2.72 bits per heavy atom. The predicted molar refractivity (Wildman–Crippen MR) is 69.7 cm³/mol. The quantitative estimate of drug-likeness (QED) is 0.567. The normalized spacial score (nSPS) is 16.5. The van der Waals surface area contributed by atoms with E-state index >= 15 is 0 Å². The molecule has 0 radical (unpaired) electrons. The summed E-state index contributed by atoms with van der Waals surface area (Å²) in [6, 6.07) is 2.70. The van der Waals surface area contributed by atoms with Gasteiger partial charge in [-0.3, -0.25) is 4.79 Å². The van der Waals surface area contributed by atoms with Crippen molar-refractivity contribution >= 4 is 28.9 Å². The van der Waals surface area contributed by atoms with Crippen LogP contribution in [0.1, 0.15) is 12.8 Å². The van der Waals surface area contributed by atoms with Gasteiger partial charge in [0.05, 0.1) is 16.4 Å². The maximum absolute atomic E-state index is 12.0. The van der Waals surface area contributed by atoms with Crippen LogP contribution in [0.2, 0.25) is 5.02 Å². The lowest BCUT2D eigenvalue weighted by molar-refractivity contribution is -0.122. The first-order chi connectivity index (χ1) is 8.58. The minimum atomic E-state index is -0.113. The van der Waals surface area contributed by atoms with E-state index < -0.39 is 0 Å². The third kappa shape index (κ3) is 2.86. The van der Waals surface area contributed by atoms with Crippen LogP contribution in [0.5, 0.6) is 5.75 Å². The van der Waals surface area contributed by atoms with Gasteiger partial charge >= 0.3 is 0 Å². The van der Waals surface area contributed by atoms with Crippen LogP contribution in [0.3, 0.4) is 0 Å². The number of ether oxygens (including phenoxy) is 1. The molecule has 0 atom stereocenters. The molecule has 1 aliphatic rings. The van der Waals surface area contributed by atoms with Gasteiger partial charge < -0.3 is 20.9 Å². The van der Waals surface area contributed by atoms with Crippen molar-refractivity contribution in [2.75, 3.05) is 24.3 Å². The maximum atomic E-state index is 12.0. The molecule has 0 saturated carbocycles. The number of hydrogen-bond donors (Lipinski definition) is 3. The summed E-state index contributed by atoms with van der Waals surface area (Å²) in [7, 11) is 0. The van der Waals surface area contributed by atoms with Crippen molar-refractivity contribution in [1.82, 2.24) is 0 Å². The molecule has 1 aromatic carbocycles. The van der Waals surface area contributed by atoms with Crippen LogP contribution in [0.4, 0.5) is 11.4 Å². The van der Waals surface area contributed by atoms with Crippen molar-refractivity contribution < 1.29 is 14.6 Å². The van der Waals surface area contributed by atoms with Crippen molar-refractivity contribution in [2.45, 2.75) is 12.8 Å². The van der Waals surface area contributed by atoms with Gasteiger partial charge in [0.2, 0.25) is 5.91 Å². The highest BCUT2D eigenvalue weighted by Crippen LogP contribution is 2.33. The highest BCUT2D eigenvalue weighted by molar-refractivity contribution is 6.34. The fraction of sp³-hybridized carbons (Fsp3) is 0.417. The van der Waals surface area contributed by atoms with Crippen LogP contribution < -0.4 is 11.1 Å². The average molecular weight is 271 g/mol. The molecular weight excluding hydrogens is 256 g/mol. The lowest BCUT2D eigenvalue weighted by Crippen LogP contribution is -2.28. The zero-order chi connectivity index (χ0) is 13.1. The molecule has 1 heterocycles. The number of carbonyl (C=O) groups excluding carboxylic acids is 1. The molecular formula is C12H15ClN2O3. The fourth-order valence-electron chi connectivity index (χ4n) is 1.93. The number of nitrogens with two attached hydrogens (primary N) is 1. The number of aromatic hydroxyl groups is 1. The van der Waals surface area contributed by atoms with Crippen molar-refractivity contribution in [3.05, 3.63) is 17.2 Å². The number of halogens is 1. The Bertz CT molecular complexity index is 436. The predicted octanol–water partition coefficient (Wildman–Crippen LogP) is 1.99. The van der Waals surface area contributed by atoms with E-state index in [0.29, 0.717) is 31.7 Å². The molecule has 1 fully saturated rings. The van der Waals surface area contributed by atoms with Crippen molar-refractivity contribution in [1.29, 1.82) is 0 Å². The topological polar surface area (TPSA) is 84.6 Å². The molecule has 18 heavy (non-hydrogen) atoms. The molecule has 0 aromatic heterocycles. The van der Waals surface area contributed by atoms with Gasteiger partial charge in [-0.15, -0.1) is 0 Å². The van der Waals surface area contributed by atoms with Gasteiger partial charge in [0.15, 0.2) is 0 Å². The van der Waals surface area contributed by atoms with Crippen LogP contribution in [0.25, 0.3) is 0 Å². The summed E-state index contributed by atoms with van der Waals surface area (Å²) in [6.07, 6.45) is 1.39. The number of phenols is 1. The van der Waals surface area contributed by atoms with Gasteiger partial charge in [-0.1, -0.05) is 11.6 Å². The molecule has 98 valence electrons. The highest BCUT2D eigenvalue weighted by atomic mass is 35.5. The molecule has 0 spiro atoms. The van der Waals surface area contributed by atoms with E-state index in [2.05, 4.69) is 5.32 Å². The number of amides is 1. The van der Waals surface area contributed by atoms with Gasteiger partial charge in [-0.05, 0) is 12.8 Å². The fourth-order valence-corrected chi connectivity index (χ4v) is 2.20. The van der Waals surface area contributed by atoms with Crippen LogP contribution in [0, 0.1) is 5.92 Å².